The number of piperidine rings is 1. The van der Waals surface area contributed by atoms with Crippen LogP contribution in [0.25, 0.3) is 0 Å². The predicted molar refractivity (Wildman–Crippen MR) is 146 cm³/mol. The van der Waals surface area contributed by atoms with E-state index in [4.69, 9.17) is 9.47 Å². The summed E-state index contributed by atoms with van der Waals surface area (Å²) < 4.78 is 25.9. The zero-order valence-corrected chi connectivity index (χ0v) is 23.8. The van der Waals surface area contributed by atoms with Gasteiger partial charge in [0.1, 0.15) is 23.5 Å². The highest BCUT2D eigenvalue weighted by Crippen LogP contribution is 2.43. The van der Waals surface area contributed by atoms with E-state index in [0.29, 0.717) is 18.2 Å². The number of nitriles is 1. The number of rotatable bonds is 8. The van der Waals surface area contributed by atoms with Gasteiger partial charge >= 0.3 is 6.09 Å². The molecule has 10 heteroatoms. The first-order chi connectivity index (χ1) is 18.5. The SMILES string of the molecule is COCCN1CCN(c2ccc(CC(C#N)NC(=O)C3C4CCC(C4)N3C(=O)OC(C)(C)C)c(F)c2)CC1C. The van der Waals surface area contributed by atoms with Crippen LogP contribution in [0.3, 0.4) is 0 Å². The number of methoxy groups -OCH3 is 1. The van der Waals surface area contributed by atoms with E-state index in [0.717, 1.165) is 51.1 Å². The van der Waals surface area contributed by atoms with E-state index in [1.165, 1.54) is 6.07 Å². The molecule has 5 atom stereocenters. The standard InChI is InChI=1S/C29H42FN5O4/c1-19-18-34(11-10-33(19)12-13-38-5)23-8-6-20(25(30)16-23)14-22(17-31)32-27(36)26-21-7-9-24(15-21)35(26)28(37)39-29(2,3)4/h6,8,16,19,21-22,24,26H,7,9-15,18H2,1-5H3,(H,32,36). The Hall–Kier alpha value is -2.90. The molecule has 9 nitrogen and oxygen atoms in total. The van der Waals surface area contributed by atoms with Crippen molar-refractivity contribution in [1.82, 2.24) is 15.1 Å². The summed E-state index contributed by atoms with van der Waals surface area (Å²) in [5.74, 6) is -0.737. The number of likely N-dealkylation sites (tertiary alicyclic amines) is 1. The van der Waals surface area contributed by atoms with E-state index in [1.54, 1.807) is 38.8 Å². The molecule has 3 fully saturated rings. The van der Waals surface area contributed by atoms with Crippen LogP contribution in [-0.4, -0.2) is 91.5 Å². The van der Waals surface area contributed by atoms with Crippen LogP contribution in [0.5, 0.6) is 0 Å². The number of anilines is 1. The molecule has 1 aromatic rings. The number of carbonyl (C=O) groups is 2. The quantitative estimate of drug-likeness (QED) is 0.537. The van der Waals surface area contributed by atoms with Gasteiger partial charge in [-0.25, -0.2) is 9.18 Å². The van der Waals surface area contributed by atoms with Crippen molar-refractivity contribution >= 4 is 17.7 Å². The normalized spacial score (nSPS) is 25.9. The zero-order chi connectivity index (χ0) is 28.3. The molecule has 2 amide bonds. The van der Waals surface area contributed by atoms with E-state index >= 15 is 4.39 Å². The molecule has 1 aromatic carbocycles. The Morgan fingerprint density at radius 2 is 2.03 bits per heavy atom. The first-order valence-electron chi connectivity index (χ1n) is 14.0. The summed E-state index contributed by atoms with van der Waals surface area (Å²) in [5, 5.41) is 12.6. The van der Waals surface area contributed by atoms with Crippen LogP contribution in [0.4, 0.5) is 14.9 Å². The highest BCUT2D eigenvalue weighted by molar-refractivity contribution is 5.87. The van der Waals surface area contributed by atoms with Gasteiger partial charge in [0.05, 0.1) is 12.7 Å². The molecule has 2 saturated heterocycles. The minimum Gasteiger partial charge on any atom is -0.444 e. The summed E-state index contributed by atoms with van der Waals surface area (Å²) >= 11 is 0. The van der Waals surface area contributed by atoms with Crippen molar-refractivity contribution in [3.63, 3.8) is 0 Å². The Bertz CT molecular complexity index is 1090. The number of nitrogens with zero attached hydrogens (tertiary/aromatic N) is 4. The molecule has 0 aromatic heterocycles. The van der Waals surface area contributed by atoms with Gasteiger partial charge in [-0.2, -0.15) is 5.26 Å². The summed E-state index contributed by atoms with van der Waals surface area (Å²) in [5.41, 5.74) is 0.505. The molecule has 0 spiro atoms. The van der Waals surface area contributed by atoms with E-state index < -0.39 is 29.6 Å². The molecule has 1 saturated carbocycles. The van der Waals surface area contributed by atoms with Crippen LogP contribution >= 0.6 is 0 Å². The van der Waals surface area contributed by atoms with Crippen LogP contribution in [0.1, 0.15) is 52.5 Å². The third kappa shape index (κ3) is 6.82. The van der Waals surface area contributed by atoms with E-state index in [1.807, 2.05) is 6.07 Å². The second-order valence-electron chi connectivity index (χ2n) is 12.1. The highest BCUT2D eigenvalue weighted by Gasteiger charge is 2.52. The van der Waals surface area contributed by atoms with Crippen molar-refractivity contribution in [3.05, 3.63) is 29.6 Å². The summed E-state index contributed by atoms with van der Waals surface area (Å²) in [6, 6.07) is 5.90. The molecule has 4 rings (SSSR count). The van der Waals surface area contributed by atoms with E-state index in [2.05, 4.69) is 28.1 Å². The molecule has 3 aliphatic rings. The number of piperazine rings is 1. The number of hydrogen-bond acceptors (Lipinski definition) is 7. The number of benzene rings is 1. The molecular weight excluding hydrogens is 501 g/mol. The number of fused-ring (bicyclic) bond motifs is 2. The van der Waals surface area contributed by atoms with Crippen molar-refractivity contribution in [2.75, 3.05) is 44.8 Å². The molecular formula is C29H42FN5O4. The first kappa shape index (κ1) is 29.1. The topological polar surface area (TPSA) is 98.1 Å². The number of amides is 2. The van der Waals surface area contributed by atoms with Crippen molar-refractivity contribution < 1.29 is 23.5 Å². The molecule has 2 bridgehead atoms. The average Bonchev–Trinajstić information content (AvgIpc) is 3.49. The number of halogens is 1. The molecule has 1 aliphatic carbocycles. The van der Waals surface area contributed by atoms with Gasteiger partial charge in [0.2, 0.25) is 5.91 Å². The van der Waals surface area contributed by atoms with Crippen LogP contribution < -0.4 is 10.2 Å². The van der Waals surface area contributed by atoms with Crippen LogP contribution in [0.15, 0.2) is 18.2 Å². The first-order valence-corrected chi connectivity index (χ1v) is 14.0. The Balaban J connectivity index is 1.38. The molecule has 39 heavy (non-hydrogen) atoms. The van der Waals surface area contributed by atoms with Gasteiger partial charge in [-0.05, 0) is 70.6 Å². The number of hydrogen-bond donors (Lipinski definition) is 1. The zero-order valence-electron chi connectivity index (χ0n) is 23.8. The lowest BCUT2D eigenvalue weighted by molar-refractivity contribution is -0.128. The van der Waals surface area contributed by atoms with Gasteiger partial charge in [-0.3, -0.25) is 14.6 Å². The van der Waals surface area contributed by atoms with Gasteiger partial charge < -0.3 is 19.7 Å². The second kappa shape index (κ2) is 12.1. The molecule has 2 heterocycles. The summed E-state index contributed by atoms with van der Waals surface area (Å²) in [7, 11) is 1.70. The van der Waals surface area contributed by atoms with Crippen molar-refractivity contribution in [2.24, 2.45) is 5.92 Å². The monoisotopic (exact) mass is 543 g/mol. The third-order valence-electron chi connectivity index (χ3n) is 8.10. The summed E-state index contributed by atoms with van der Waals surface area (Å²) in [6.45, 7) is 11.6. The van der Waals surface area contributed by atoms with Crippen molar-refractivity contribution in [1.29, 1.82) is 5.26 Å². The second-order valence-corrected chi connectivity index (χ2v) is 12.1. The minimum absolute atomic E-state index is 0.0318. The van der Waals surface area contributed by atoms with Gasteiger partial charge in [0.15, 0.2) is 0 Å². The maximum absolute atomic E-state index is 15.2. The lowest BCUT2D eigenvalue weighted by atomic mass is 9.97. The van der Waals surface area contributed by atoms with Crippen molar-refractivity contribution in [2.45, 2.75) is 83.1 Å². The molecule has 214 valence electrons. The molecule has 2 aliphatic heterocycles. The largest absolute Gasteiger partial charge is 0.444 e. The van der Waals surface area contributed by atoms with E-state index in [9.17, 15) is 14.9 Å². The van der Waals surface area contributed by atoms with Gasteiger partial charge in [0.25, 0.3) is 0 Å². The lowest BCUT2D eigenvalue weighted by Crippen LogP contribution is -2.55. The Morgan fingerprint density at radius 3 is 2.67 bits per heavy atom. The molecule has 0 radical (unpaired) electrons. The van der Waals surface area contributed by atoms with Gasteiger partial charge in [-0.1, -0.05) is 6.07 Å². The Morgan fingerprint density at radius 1 is 1.26 bits per heavy atom. The summed E-state index contributed by atoms with van der Waals surface area (Å²) in [6.07, 6.45) is 1.99. The van der Waals surface area contributed by atoms with Gasteiger partial charge in [0, 0.05) is 57.5 Å². The van der Waals surface area contributed by atoms with Gasteiger partial charge in [-0.15, -0.1) is 0 Å². The highest BCUT2D eigenvalue weighted by atomic mass is 19.1. The number of ether oxygens (including phenoxy) is 2. The minimum atomic E-state index is -0.915. The number of nitrogens with one attached hydrogen (secondary N) is 1. The lowest BCUT2D eigenvalue weighted by Gasteiger charge is -2.41. The van der Waals surface area contributed by atoms with Crippen LogP contribution in [0, 0.1) is 23.1 Å². The fourth-order valence-electron chi connectivity index (χ4n) is 6.18. The molecule has 1 N–H and O–H groups in total. The van der Waals surface area contributed by atoms with Crippen molar-refractivity contribution in [3.8, 4) is 6.07 Å². The Labute approximate surface area is 231 Å². The number of carbonyl (C=O) groups excluding carboxylic acids is 2. The third-order valence-corrected chi connectivity index (χ3v) is 8.10. The smallest absolute Gasteiger partial charge is 0.411 e. The predicted octanol–water partition coefficient (Wildman–Crippen LogP) is 3.32. The fourth-order valence-corrected chi connectivity index (χ4v) is 6.18. The Kier molecular flexibility index (Phi) is 9.02. The summed E-state index contributed by atoms with van der Waals surface area (Å²) in [4.78, 5) is 32.3. The van der Waals surface area contributed by atoms with E-state index in [-0.39, 0.29) is 24.3 Å². The molecule has 5 unspecified atom stereocenters. The maximum Gasteiger partial charge on any atom is 0.411 e. The van der Waals surface area contributed by atoms with Crippen LogP contribution in [-0.2, 0) is 20.7 Å². The average molecular weight is 544 g/mol. The fraction of sp³-hybridized carbons (Fsp3) is 0.690. The van der Waals surface area contributed by atoms with Crippen LogP contribution in [0.2, 0.25) is 0 Å². The maximum atomic E-state index is 15.2.